The molecule has 1 aliphatic heterocycles. The molecule has 2 aromatic heterocycles. The topological polar surface area (TPSA) is 88.1 Å². The molecule has 5 rings (SSSR count). The number of fused-ring (bicyclic) bond motifs is 1. The maximum absolute atomic E-state index is 6.08. The summed E-state index contributed by atoms with van der Waals surface area (Å²) in [5.41, 5.74) is 3.28. The molecular weight excluding hydrogens is 450 g/mol. The summed E-state index contributed by atoms with van der Waals surface area (Å²) in [5, 5.41) is 12.6. The van der Waals surface area contributed by atoms with Crippen LogP contribution in [0.1, 0.15) is 24.3 Å². The third kappa shape index (κ3) is 3.50. The number of benzene rings is 2. The fraction of sp³-hybridized carbons (Fsp3) is 0.238. The maximum Gasteiger partial charge on any atom is 0.280 e. The molecule has 0 spiro atoms. The van der Waals surface area contributed by atoms with E-state index in [1.165, 1.54) is 0 Å². The highest BCUT2D eigenvalue weighted by atomic mass is 79.9. The summed E-state index contributed by atoms with van der Waals surface area (Å²) in [7, 11) is 0. The highest BCUT2D eigenvalue weighted by Gasteiger charge is 2.28. The van der Waals surface area contributed by atoms with Crippen LogP contribution in [0.3, 0.4) is 0 Å². The van der Waals surface area contributed by atoms with E-state index >= 15 is 0 Å². The van der Waals surface area contributed by atoms with Gasteiger partial charge < -0.3 is 14.0 Å². The van der Waals surface area contributed by atoms with E-state index < -0.39 is 0 Å². The lowest BCUT2D eigenvalue weighted by Gasteiger charge is -2.24. The molecular formula is C21H18BrN5O3. The van der Waals surface area contributed by atoms with Gasteiger partial charge in [-0.2, -0.15) is 4.98 Å². The van der Waals surface area contributed by atoms with E-state index in [-0.39, 0.29) is 6.10 Å². The van der Waals surface area contributed by atoms with Gasteiger partial charge >= 0.3 is 0 Å². The summed E-state index contributed by atoms with van der Waals surface area (Å²) < 4.78 is 19.8. The van der Waals surface area contributed by atoms with E-state index in [1.54, 1.807) is 0 Å². The molecule has 2 aromatic carbocycles. The first kappa shape index (κ1) is 19.0. The molecule has 0 saturated carbocycles. The van der Waals surface area contributed by atoms with Crippen LogP contribution >= 0.6 is 15.9 Å². The SMILES string of the molecule is CCOc1ccc(C2Cn3nnc(-c4nc(-c5ccccc5Br)no4)c3CO2)cc1. The van der Waals surface area contributed by atoms with Crippen molar-refractivity contribution in [2.75, 3.05) is 6.61 Å². The van der Waals surface area contributed by atoms with Crippen LogP contribution in [0.5, 0.6) is 5.75 Å². The molecule has 4 aromatic rings. The summed E-state index contributed by atoms with van der Waals surface area (Å²) >= 11 is 3.51. The van der Waals surface area contributed by atoms with Gasteiger partial charge in [-0.1, -0.05) is 50.6 Å². The quantitative estimate of drug-likeness (QED) is 0.428. The third-order valence-corrected chi connectivity index (χ3v) is 5.60. The van der Waals surface area contributed by atoms with Gasteiger partial charge in [0.15, 0.2) is 5.69 Å². The molecule has 9 heteroatoms. The molecule has 0 amide bonds. The van der Waals surface area contributed by atoms with Gasteiger partial charge in [0.25, 0.3) is 5.89 Å². The van der Waals surface area contributed by atoms with Gasteiger partial charge in [-0.15, -0.1) is 5.10 Å². The second-order valence-corrected chi connectivity index (χ2v) is 7.63. The van der Waals surface area contributed by atoms with Crippen molar-refractivity contribution in [3.8, 4) is 28.7 Å². The maximum atomic E-state index is 6.08. The fourth-order valence-electron chi connectivity index (χ4n) is 3.40. The summed E-state index contributed by atoms with van der Waals surface area (Å²) in [6.45, 7) is 3.52. The Morgan fingerprint density at radius 2 is 2.00 bits per heavy atom. The van der Waals surface area contributed by atoms with Crippen LogP contribution in [0.15, 0.2) is 57.5 Å². The van der Waals surface area contributed by atoms with Crippen LogP contribution in [0, 0.1) is 0 Å². The summed E-state index contributed by atoms with van der Waals surface area (Å²) in [6.07, 6.45) is -0.110. The molecule has 8 nitrogen and oxygen atoms in total. The molecule has 1 atom stereocenters. The van der Waals surface area contributed by atoms with Crippen LogP contribution in [0.25, 0.3) is 23.0 Å². The second kappa shape index (κ2) is 8.00. The Kier molecular flexibility index (Phi) is 5.06. The van der Waals surface area contributed by atoms with E-state index in [1.807, 2.05) is 60.1 Å². The molecule has 0 N–H and O–H groups in total. The van der Waals surface area contributed by atoms with Gasteiger partial charge in [0, 0.05) is 10.0 Å². The Balaban J connectivity index is 1.37. The average molecular weight is 468 g/mol. The largest absolute Gasteiger partial charge is 0.494 e. The number of halogens is 1. The van der Waals surface area contributed by atoms with Crippen molar-refractivity contribution in [3.05, 3.63) is 64.3 Å². The van der Waals surface area contributed by atoms with E-state index in [2.05, 4.69) is 36.4 Å². The van der Waals surface area contributed by atoms with Gasteiger partial charge in [-0.25, -0.2) is 4.68 Å². The van der Waals surface area contributed by atoms with E-state index in [4.69, 9.17) is 14.0 Å². The first-order chi connectivity index (χ1) is 14.7. The lowest BCUT2D eigenvalue weighted by Crippen LogP contribution is -2.22. The lowest BCUT2D eigenvalue weighted by molar-refractivity contribution is -0.00119. The zero-order valence-electron chi connectivity index (χ0n) is 16.2. The van der Waals surface area contributed by atoms with E-state index in [0.717, 1.165) is 27.0 Å². The van der Waals surface area contributed by atoms with Crippen molar-refractivity contribution >= 4 is 15.9 Å². The molecule has 3 heterocycles. The van der Waals surface area contributed by atoms with Crippen LogP contribution < -0.4 is 4.74 Å². The third-order valence-electron chi connectivity index (χ3n) is 4.90. The van der Waals surface area contributed by atoms with Crippen LogP contribution in [0.2, 0.25) is 0 Å². The normalized spacial score (nSPS) is 15.7. The van der Waals surface area contributed by atoms with Crippen molar-refractivity contribution in [1.82, 2.24) is 25.1 Å². The average Bonchev–Trinajstić information content (AvgIpc) is 3.41. The number of rotatable bonds is 5. The minimum Gasteiger partial charge on any atom is -0.494 e. The molecule has 0 saturated heterocycles. The highest BCUT2D eigenvalue weighted by molar-refractivity contribution is 9.10. The predicted octanol–water partition coefficient (Wildman–Crippen LogP) is 4.43. The molecule has 0 aliphatic carbocycles. The molecule has 30 heavy (non-hydrogen) atoms. The first-order valence-electron chi connectivity index (χ1n) is 9.58. The van der Waals surface area contributed by atoms with E-state index in [9.17, 15) is 0 Å². The van der Waals surface area contributed by atoms with Crippen LogP contribution in [0.4, 0.5) is 0 Å². The number of aromatic nitrogens is 5. The zero-order chi connectivity index (χ0) is 20.5. The zero-order valence-corrected chi connectivity index (χ0v) is 17.7. The van der Waals surface area contributed by atoms with Crippen LogP contribution in [-0.4, -0.2) is 31.7 Å². The van der Waals surface area contributed by atoms with Crippen molar-refractivity contribution < 1.29 is 14.0 Å². The van der Waals surface area contributed by atoms with Crippen molar-refractivity contribution in [2.45, 2.75) is 26.2 Å². The lowest BCUT2D eigenvalue weighted by atomic mass is 10.1. The van der Waals surface area contributed by atoms with Gasteiger partial charge in [-0.3, -0.25) is 0 Å². The first-order valence-corrected chi connectivity index (χ1v) is 10.4. The fourth-order valence-corrected chi connectivity index (χ4v) is 3.86. The van der Waals surface area contributed by atoms with Gasteiger partial charge in [-0.05, 0) is 36.8 Å². The Morgan fingerprint density at radius 3 is 2.80 bits per heavy atom. The number of hydrogen-bond donors (Lipinski definition) is 0. The van der Waals surface area contributed by atoms with Crippen molar-refractivity contribution in [1.29, 1.82) is 0 Å². The Labute approximate surface area is 180 Å². The smallest absolute Gasteiger partial charge is 0.280 e. The molecule has 1 unspecified atom stereocenters. The Bertz CT molecular complexity index is 1170. The Morgan fingerprint density at radius 1 is 1.17 bits per heavy atom. The predicted molar refractivity (Wildman–Crippen MR) is 112 cm³/mol. The number of ether oxygens (including phenoxy) is 2. The standard InChI is InChI=1S/C21H18BrN5O3/c1-2-28-14-9-7-13(8-10-14)18-11-27-17(12-29-18)19(24-26-27)21-23-20(25-30-21)15-5-3-4-6-16(15)22/h3-10,18H,2,11-12H2,1H3. The van der Waals surface area contributed by atoms with Gasteiger partial charge in [0.2, 0.25) is 5.82 Å². The molecule has 0 fully saturated rings. The number of nitrogens with zero attached hydrogens (tertiary/aromatic N) is 5. The summed E-state index contributed by atoms with van der Waals surface area (Å²) in [5.74, 6) is 1.66. The van der Waals surface area contributed by atoms with Gasteiger partial charge in [0.05, 0.1) is 25.5 Å². The van der Waals surface area contributed by atoms with Crippen LogP contribution in [-0.2, 0) is 17.9 Å². The van der Waals surface area contributed by atoms with Gasteiger partial charge in [0.1, 0.15) is 11.9 Å². The summed E-state index contributed by atoms with van der Waals surface area (Å²) in [4.78, 5) is 4.50. The minimum atomic E-state index is -0.110. The summed E-state index contributed by atoms with van der Waals surface area (Å²) in [6, 6.07) is 15.6. The van der Waals surface area contributed by atoms with Crippen molar-refractivity contribution in [3.63, 3.8) is 0 Å². The van der Waals surface area contributed by atoms with E-state index in [0.29, 0.717) is 37.2 Å². The minimum absolute atomic E-state index is 0.110. The molecule has 0 bridgehead atoms. The molecule has 1 aliphatic rings. The monoisotopic (exact) mass is 467 g/mol. The number of hydrogen-bond acceptors (Lipinski definition) is 7. The molecule has 152 valence electrons. The highest BCUT2D eigenvalue weighted by Crippen LogP contribution is 2.32. The second-order valence-electron chi connectivity index (χ2n) is 6.77. The Hall–Kier alpha value is -3.04. The molecule has 0 radical (unpaired) electrons. The van der Waals surface area contributed by atoms with Crippen molar-refractivity contribution in [2.24, 2.45) is 0 Å².